The van der Waals surface area contributed by atoms with E-state index >= 15 is 0 Å². The number of hydrogen-bond donors (Lipinski definition) is 0. The molecule has 0 spiro atoms. The third kappa shape index (κ3) is 6.11. The van der Waals surface area contributed by atoms with Gasteiger partial charge in [-0.3, -0.25) is 0 Å². The number of fused-ring (bicyclic) bond motifs is 1. The number of aryl methyl sites for hydroxylation is 1. The van der Waals surface area contributed by atoms with Crippen molar-refractivity contribution in [3.63, 3.8) is 0 Å². The molecule has 0 N–H and O–H groups in total. The molecule has 0 atom stereocenters. The topological polar surface area (TPSA) is 0 Å². The Bertz CT molecular complexity index is 1930. The molecule has 0 amide bonds. The molecule has 0 unspecified atom stereocenters. The van der Waals surface area contributed by atoms with Gasteiger partial charge in [-0.05, 0) is 104 Å². The standard InChI is InChI=1S/C38H26F6/c1-2-24-19-34(23-36(20-24)38(42,43)44)29-9-7-28(8-10-29)31-12-14-32-21-30(11-13-33(32)22-31)27-5-3-25(4-6-27)26-15-17-35(18-16-26)37(39,40)41/h3-23H,2H2,1H3. The maximum atomic E-state index is 13.4. The lowest BCUT2D eigenvalue weighted by molar-refractivity contribution is -0.138. The van der Waals surface area contributed by atoms with Crippen LogP contribution in [0, 0.1) is 0 Å². The Kier molecular flexibility index (Phi) is 7.54. The van der Waals surface area contributed by atoms with Gasteiger partial charge in [0.25, 0.3) is 0 Å². The van der Waals surface area contributed by atoms with Gasteiger partial charge in [-0.2, -0.15) is 26.3 Å². The van der Waals surface area contributed by atoms with E-state index in [2.05, 4.69) is 12.1 Å². The van der Waals surface area contributed by atoms with E-state index in [4.69, 9.17) is 0 Å². The second kappa shape index (κ2) is 11.3. The lowest BCUT2D eigenvalue weighted by Gasteiger charge is -2.12. The number of benzene rings is 6. The predicted octanol–water partition coefficient (Wildman–Crippen LogP) is 12.1. The average Bonchev–Trinajstić information content (AvgIpc) is 3.03. The molecule has 0 heterocycles. The van der Waals surface area contributed by atoms with Crippen molar-refractivity contribution >= 4 is 10.8 Å². The van der Waals surface area contributed by atoms with Crippen molar-refractivity contribution < 1.29 is 26.3 Å². The fourth-order valence-corrected chi connectivity index (χ4v) is 5.39. The van der Waals surface area contributed by atoms with E-state index < -0.39 is 23.5 Å². The zero-order valence-corrected chi connectivity index (χ0v) is 23.6. The van der Waals surface area contributed by atoms with Crippen LogP contribution in [0.25, 0.3) is 55.3 Å². The molecule has 0 aliphatic heterocycles. The van der Waals surface area contributed by atoms with Crippen LogP contribution in [0.5, 0.6) is 0 Å². The van der Waals surface area contributed by atoms with Crippen molar-refractivity contribution in [3.05, 3.63) is 144 Å². The molecular formula is C38H26F6. The van der Waals surface area contributed by atoms with Gasteiger partial charge in [0.15, 0.2) is 0 Å². The molecule has 0 nitrogen and oxygen atoms in total. The largest absolute Gasteiger partial charge is 0.416 e. The minimum absolute atomic E-state index is 0.516. The van der Waals surface area contributed by atoms with Crippen molar-refractivity contribution in [2.24, 2.45) is 0 Å². The lowest BCUT2D eigenvalue weighted by atomic mass is 9.94. The summed E-state index contributed by atoms with van der Waals surface area (Å²) in [5.41, 5.74) is 6.10. The molecule has 0 saturated carbocycles. The molecule has 6 aromatic rings. The highest BCUT2D eigenvalue weighted by molar-refractivity contribution is 5.91. The van der Waals surface area contributed by atoms with Gasteiger partial charge < -0.3 is 0 Å². The van der Waals surface area contributed by atoms with Crippen LogP contribution in [0.15, 0.2) is 127 Å². The maximum absolute atomic E-state index is 13.4. The molecule has 6 rings (SSSR count). The fourth-order valence-electron chi connectivity index (χ4n) is 5.39. The summed E-state index contributed by atoms with van der Waals surface area (Å²) in [5.74, 6) is 0. The highest BCUT2D eigenvalue weighted by Gasteiger charge is 2.31. The summed E-state index contributed by atoms with van der Waals surface area (Å²) in [5, 5.41) is 2.09. The molecule has 0 radical (unpaired) electrons. The van der Waals surface area contributed by atoms with Crippen LogP contribution >= 0.6 is 0 Å². The van der Waals surface area contributed by atoms with Gasteiger partial charge in [-0.15, -0.1) is 0 Å². The summed E-state index contributed by atoms with van der Waals surface area (Å²) in [6, 6.07) is 36.9. The van der Waals surface area contributed by atoms with Crippen LogP contribution in [0.4, 0.5) is 26.3 Å². The molecule has 0 aliphatic carbocycles. The van der Waals surface area contributed by atoms with E-state index in [1.54, 1.807) is 6.07 Å². The van der Waals surface area contributed by atoms with Crippen molar-refractivity contribution in [3.8, 4) is 44.5 Å². The predicted molar refractivity (Wildman–Crippen MR) is 165 cm³/mol. The average molecular weight is 597 g/mol. The van der Waals surface area contributed by atoms with Crippen LogP contribution in [0.3, 0.4) is 0 Å². The molecule has 44 heavy (non-hydrogen) atoms. The first-order valence-electron chi connectivity index (χ1n) is 14.1. The van der Waals surface area contributed by atoms with E-state index in [0.717, 1.165) is 56.3 Å². The van der Waals surface area contributed by atoms with Crippen LogP contribution in [-0.4, -0.2) is 0 Å². The SMILES string of the molecule is CCc1cc(-c2ccc(-c3ccc4cc(-c5ccc(-c6ccc(C(F)(F)F)cc6)cc5)ccc4c3)cc2)cc(C(F)(F)F)c1. The number of halogens is 6. The molecule has 6 aromatic carbocycles. The molecule has 0 fully saturated rings. The second-order valence-corrected chi connectivity index (χ2v) is 10.8. The van der Waals surface area contributed by atoms with E-state index in [1.807, 2.05) is 79.7 Å². The van der Waals surface area contributed by atoms with Gasteiger partial charge in [0, 0.05) is 0 Å². The van der Waals surface area contributed by atoms with Gasteiger partial charge in [0.2, 0.25) is 0 Å². The quantitative estimate of drug-likeness (QED) is 0.174. The summed E-state index contributed by atoms with van der Waals surface area (Å²) in [6.45, 7) is 1.84. The van der Waals surface area contributed by atoms with Crippen LogP contribution in [-0.2, 0) is 18.8 Å². The third-order valence-corrected chi connectivity index (χ3v) is 7.88. The van der Waals surface area contributed by atoms with Crippen LogP contribution < -0.4 is 0 Å². The summed E-state index contributed by atoms with van der Waals surface area (Å²) in [7, 11) is 0. The highest BCUT2D eigenvalue weighted by atomic mass is 19.4. The normalized spacial score (nSPS) is 12.1. The molecule has 0 aromatic heterocycles. The minimum Gasteiger partial charge on any atom is -0.166 e. The van der Waals surface area contributed by atoms with E-state index in [1.165, 1.54) is 24.3 Å². The monoisotopic (exact) mass is 596 g/mol. The first kappa shape index (κ1) is 29.2. The Balaban J connectivity index is 1.22. The smallest absolute Gasteiger partial charge is 0.166 e. The van der Waals surface area contributed by atoms with E-state index in [-0.39, 0.29) is 0 Å². The lowest BCUT2D eigenvalue weighted by Crippen LogP contribution is -2.06. The second-order valence-electron chi connectivity index (χ2n) is 10.8. The number of hydrogen-bond acceptors (Lipinski definition) is 0. The molecule has 0 saturated heterocycles. The van der Waals surface area contributed by atoms with Crippen molar-refractivity contribution in [1.82, 2.24) is 0 Å². The number of rotatable bonds is 5. The van der Waals surface area contributed by atoms with E-state index in [9.17, 15) is 26.3 Å². The molecule has 0 bridgehead atoms. The zero-order chi connectivity index (χ0) is 31.1. The van der Waals surface area contributed by atoms with Gasteiger partial charge >= 0.3 is 12.4 Å². The van der Waals surface area contributed by atoms with Crippen molar-refractivity contribution in [1.29, 1.82) is 0 Å². The Morgan fingerprint density at radius 3 is 1.14 bits per heavy atom. The van der Waals surface area contributed by atoms with Gasteiger partial charge in [-0.25, -0.2) is 0 Å². The summed E-state index contributed by atoms with van der Waals surface area (Å²) >= 11 is 0. The molecular weight excluding hydrogens is 570 g/mol. The van der Waals surface area contributed by atoms with Gasteiger partial charge in [0.05, 0.1) is 11.1 Å². The Hall–Kier alpha value is -4.84. The zero-order valence-electron chi connectivity index (χ0n) is 23.6. The molecule has 6 heteroatoms. The first-order chi connectivity index (χ1) is 21.0. The summed E-state index contributed by atoms with van der Waals surface area (Å²) < 4.78 is 78.9. The van der Waals surface area contributed by atoms with Crippen molar-refractivity contribution in [2.45, 2.75) is 25.7 Å². The number of alkyl halides is 6. The van der Waals surface area contributed by atoms with Crippen LogP contribution in [0.2, 0.25) is 0 Å². The van der Waals surface area contributed by atoms with Gasteiger partial charge in [0.1, 0.15) is 0 Å². The van der Waals surface area contributed by atoms with Crippen molar-refractivity contribution in [2.75, 3.05) is 0 Å². The summed E-state index contributed by atoms with van der Waals surface area (Å²) in [4.78, 5) is 0. The Labute approximate surface area is 251 Å². The highest BCUT2D eigenvalue weighted by Crippen LogP contribution is 2.36. The maximum Gasteiger partial charge on any atom is 0.416 e. The third-order valence-electron chi connectivity index (χ3n) is 7.88. The Morgan fingerprint density at radius 2 is 0.727 bits per heavy atom. The minimum atomic E-state index is -4.40. The van der Waals surface area contributed by atoms with Crippen LogP contribution in [0.1, 0.15) is 23.6 Å². The van der Waals surface area contributed by atoms with E-state index in [0.29, 0.717) is 23.1 Å². The summed E-state index contributed by atoms with van der Waals surface area (Å²) in [6.07, 6.45) is -8.25. The molecule has 220 valence electrons. The first-order valence-corrected chi connectivity index (χ1v) is 14.1. The molecule has 0 aliphatic rings. The van der Waals surface area contributed by atoms with Gasteiger partial charge in [-0.1, -0.05) is 97.9 Å². The fraction of sp³-hybridized carbons (Fsp3) is 0.105. The Morgan fingerprint density at radius 1 is 0.364 bits per heavy atom.